The smallest absolute Gasteiger partial charge is 0.136 e. The van der Waals surface area contributed by atoms with Crippen LogP contribution in [0.4, 0.5) is 0 Å². The molecule has 1 heterocycles. The average Bonchev–Trinajstić information content (AvgIpc) is 3.79. The van der Waals surface area contributed by atoms with Crippen LogP contribution in [0.3, 0.4) is 0 Å². The van der Waals surface area contributed by atoms with Gasteiger partial charge in [-0.15, -0.1) is 0 Å². The molecule has 9 aromatic carbocycles. The number of hydrogen-bond donors (Lipinski definition) is 0. The van der Waals surface area contributed by atoms with Gasteiger partial charge in [0.15, 0.2) is 0 Å². The van der Waals surface area contributed by atoms with Crippen molar-refractivity contribution in [2.45, 2.75) is 0 Å². The van der Waals surface area contributed by atoms with Crippen molar-refractivity contribution < 1.29 is 42.8 Å². The third-order valence-electron chi connectivity index (χ3n) is 7.76. The van der Waals surface area contributed by atoms with Crippen LogP contribution in [0.1, 0.15) is 38.4 Å². The van der Waals surface area contributed by atoms with Gasteiger partial charge in [-0.1, -0.05) is 151 Å². The second-order valence-corrected chi connectivity index (χ2v) is 10.3. The highest BCUT2D eigenvalue weighted by atomic mass is 16.3. The van der Waals surface area contributed by atoms with Gasteiger partial charge in [-0.05, 0) is 94.6 Å². The topological polar surface area (TPSA) is 13.1 Å². The quantitative estimate of drug-likeness (QED) is 0.178. The van der Waals surface area contributed by atoms with Crippen molar-refractivity contribution in [1.29, 1.82) is 0 Å². The van der Waals surface area contributed by atoms with E-state index in [0.717, 1.165) is 0 Å². The molecule has 1 aromatic heterocycles. The summed E-state index contributed by atoms with van der Waals surface area (Å²) >= 11 is 0. The molecule has 0 aliphatic carbocycles. The van der Waals surface area contributed by atoms with E-state index >= 15 is 0 Å². The monoisotopic (exact) mass is 624 g/mol. The Morgan fingerprint density at radius 1 is 0.340 bits per heavy atom. The van der Waals surface area contributed by atoms with Crippen molar-refractivity contribution in [2.24, 2.45) is 0 Å². The van der Waals surface area contributed by atoms with E-state index in [1.54, 1.807) is 0 Å². The number of rotatable bonds is 3. The van der Waals surface area contributed by atoms with Crippen molar-refractivity contribution in [3.63, 3.8) is 0 Å². The van der Waals surface area contributed by atoms with Crippen molar-refractivity contribution >= 4 is 65.0 Å². The lowest BCUT2D eigenvalue weighted by molar-refractivity contribution is 0.669. The summed E-state index contributed by atoms with van der Waals surface area (Å²) in [6.45, 7) is 0. The normalized spacial score (nSPS) is 20.2. The van der Waals surface area contributed by atoms with Crippen molar-refractivity contribution in [2.75, 3.05) is 0 Å². The van der Waals surface area contributed by atoms with Crippen LogP contribution < -0.4 is 0 Å². The number of benzene rings is 9. The Labute approximate surface area is 311 Å². The first-order valence-corrected chi connectivity index (χ1v) is 13.9. The first kappa shape index (κ1) is 10.7. The summed E-state index contributed by atoms with van der Waals surface area (Å²) in [5, 5.41) is -5.94. The standard InChI is InChI=1S/C46H28O/c1-3-13-34-30(10-1)12-9-19-36(34)45-39-17-7-5-15-37(39)44(38-16-6-8-18-40(38)45)32-22-20-29(21-23-32)33-25-26-42-41(28-33)46-35-14-4-2-11-31(35)24-27-43(46)47-42/h1-28H/i1D,2D,3D,4D,5D,6D,7D,8D,9D,10D,11D,12D,13D,14D,15D,16D,17D,18D,19D,20D,21D,22D,23D,24D,25D,26D,27D,28D. The molecule has 1 heteroatoms. The molecular formula is C46H28O. The Bertz CT molecular complexity index is 4330. The van der Waals surface area contributed by atoms with Crippen LogP contribution in [0.15, 0.2) is 174 Å². The average molecular weight is 625 g/mol. The van der Waals surface area contributed by atoms with Crippen LogP contribution in [-0.2, 0) is 0 Å². The summed E-state index contributed by atoms with van der Waals surface area (Å²) in [5.74, 6) is 0. The third kappa shape index (κ3) is 3.97. The predicted molar refractivity (Wildman–Crippen MR) is 200 cm³/mol. The van der Waals surface area contributed by atoms with Gasteiger partial charge in [-0.3, -0.25) is 0 Å². The van der Waals surface area contributed by atoms with E-state index in [1.165, 1.54) is 0 Å². The Hall–Kier alpha value is -6.18. The molecule has 0 unspecified atom stereocenters. The first-order valence-electron chi connectivity index (χ1n) is 27.9. The summed E-state index contributed by atoms with van der Waals surface area (Å²) in [6.07, 6.45) is 0. The fourth-order valence-electron chi connectivity index (χ4n) is 5.77. The molecule has 47 heavy (non-hydrogen) atoms. The van der Waals surface area contributed by atoms with Crippen LogP contribution in [0.25, 0.3) is 98.4 Å². The largest absolute Gasteiger partial charge is 0.456 e. The molecule has 0 saturated carbocycles. The lowest BCUT2D eigenvalue weighted by Crippen LogP contribution is -1.91. The maximum absolute atomic E-state index is 9.62. The third-order valence-corrected chi connectivity index (χ3v) is 7.76. The van der Waals surface area contributed by atoms with Crippen LogP contribution in [0, 0.1) is 0 Å². The van der Waals surface area contributed by atoms with Crippen molar-refractivity contribution in [3.8, 4) is 33.4 Å². The van der Waals surface area contributed by atoms with E-state index < -0.39 is 262 Å². The molecule has 0 spiro atoms. The molecule has 0 bridgehead atoms. The van der Waals surface area contributed by atoms with Crippen molar-refractivity contribution in [3.05, 3.63) is 169 Å². The van der Waals surface area contributed by atoms with E-state index in [0.29, 0.717) is 0 Å². The van der Waals surface area contributed by atoms with Gasteiger partial charge in [0.25, 0.3) is 0 Å². The van der Waals surface area contributed by atoms with Crippen LogP contribution in [-0.4, -0.2) is 0 Å². The molecule has 0 aliphatic rings. The Morgan fingerprint density at radius 2 is 0.851 bits per heavy atom. The molecular weight excluding hydrogens is 569 g/mol. The zero-order valence-electron chi connectivity index (χ0n) is 51.4. The highest BCUT2D eigenvalue weighted by Gasteiger charge is 2.18. The fourth-order valence-corrected chi connectivity index (χ4v) is 5.77. The molecule has 0 fully saturated rings. The SMILES string of the molecule is [2H]c1c([2H])c(-c2c3c([2H])c([2H])c([2H])c([2H])c3c(-c3c([2H])c([2H])c([2H])c4c([2H])c([2H])c([2H])c([2H])c34)c3c([2H])c([2H])c([2H])c([2H])c23)c([2H])c([2H])c1-c1c([2H])c([2H])c2oc3c([2H])c([2H])c4c([2H])c([2H])c([2H])c([2H])c4c3c2c1[2H]. The Balaban J connectivity index is 1.43. The molecule has 1 nitrogen and oxygen atoms in total. The number of furan rings is 1. The molecule has 0 aliphatic heterocycles. The maximum atomic E-state index is 9.62. The van der Waals surface area contributed by atoms with Gasteiger partial charge < -0.3 is 4.42 Å². The van der Waals surface area contributed by atoms with Gasteiger partial charge in [-0.2, -0.15) is 0 Å². The zero-order valence-corrected chi connectivity index (χ0v) is 23.4. The van der Waals surface area contributed by atoms with Gasteiger partial charge in [0, 0.05) is 10.8 Å². The highest BCUT2D eigenvalue weighted by Crippen LogP contribution is 2.45. The minimum absolute atomic E-state index is 0.366. The van der Waals surface area contributed by atoms with Crippen LogP contribution >= 0.6 is 0 Å². The molecule has 0 amide bonds. The summed E-state index contributed by atoms with van der Waals surface area (Å²) < 4.78 is 258. The fraction of sp³-hybridized carbons (Fsp3) is 0. The number of fused-ring (bicyclic) bond motifs is 8. The molecule has 0 atom stereocenters. The van der Waals surface area contributed by atoms with Crippen LogP contribution in [0.2, 0.25) is 0 Å². The van der Waals surface area contributed by atoms with E-state index in [4.69, 9.17) is 29.1 Å². The summed E-state index contributed by atoms with van der Waals surface area (Å²) in [6, 6.07) is -25.7. The van der Waals surface area contributed by atoms with E-state index in [2.05, 4.69) is 0 Å². The Kier molecular flexibility index (Phi) is 2.31. The van der Waals surface area contributed by atoms with Gasteiger partial charge in [0.2, 0.25) is 0 Å². The minimum atomic E-state index is -1.11. The Morgan fingerprint density at radius 3 is 1.55 bits per heavy atom. The zero-order chi connectivity index (χ0) is 55.3. The van der Waals surface area contributed by atoms with Gasteiger partial charge in [0.1, 0.15) is 11.2 Å². The predicted octanol–water partition coefficient (Wildman–Crippen LogP) is 13.2. The second-order valence-electron chi connectivity index (χ2n) is 10.3. The molecule has 0 saturated heterocycles. The van der Waals surface area contributed by atoms with E-state index in [9.17, 15) is 13.7 Å². The highest BCUT2D eigenvalue weighted by molar-refractivity contribution is 6.24. The van der Waals surface area contributed by atoms with Gasteiger partial charge >= 0.3 is 0 Å². The van der Waals surface area contributed by atoms with E-state index in [1.807, 2.05) is 0 Å². The summed E-state index contributed by atoms with van der Waals surface area (Å²) in [5.41, 5.74) is -5.76. The minimum Gasteiger partial charge on any atom is -0.456 e. The first-order chi connectivity index (χ1) is 35.0. The lowest BCUT2D eigenvalue weighted by atomic mass is 9.84. The molecule has 218 valence electrons. The van der Waals surface area contributed by atoms with Gasteiger partial charge in [0.05, 0.1) is 38.4 Å². The second kappa shape index (κ2) is 10.2. The lowest BCUT2D eigenvalue weighted by Gasteiger charge is -2.19. The molecule has 10 aromatic rings. The number of hydrogen-bond acceptors (Lipinski definition) is 1. The van der Waals surface area contributed by atoms with Gasteiger partial charge in [-0.25, -0.2) is 0 Å². The molecule has 10 rings (SSSR count). The molecule has 0 radical (unpaired) electrons. The van der Waals surface area contributed by atoms with Crippen molar-refractivity contribution in [1.82, 2.24) is 0 Å². The van der Waals surface area contributed by atoms with Crippen LogP contribution in [0.5, 0.6) is 0 Å². The summed E-state index contributed by atoms with van der Waals surface area (Å²) in [7, 11) is 0. The summed E-state index contributed by atoms with van der Waals surface area (Å²) in [4.78, 5) is 0. The molecule has 0 N–H and O–H groups in total. The van der Waals surface area contributed by atoms with E-state index in [-0.39, 0.29) is 5.39 Å². The maximum Gasteiger partial charge on any atom is 0.136 e.